The monoisotopic (exact) mass is 334 g/mol. The molecule has 5 nitrogen and oxygen atoms in total. The molecule has 2 N–H and O–H groups in total. The van der Waals surface area contributed by atoms with Gasteiger partial charge in [-0.25, -0.2) is 8.42 Å². The molecule has 1 aromatic rings. The Morgan fingerprint density at radius 3 is 2.80 bits per heavy atom. The molecule has 20 heavy (non-hydrogen) atoms. The first-order valence-corrected chi connectivity index (χ1v) is 8.96. The van der Waals surface area contributed by atoms with E-state index in [0.717, 1.165) is 5.56 Å². The van der Waals surface area contributed by atoms with Crippen LogP contribution in [0.3, 0.4) is 0 Å². The number of halogens is 1. The molecule has 1 aromatic carbocycles. The number of hydrogen-bond acceptors (Lipinski definition) is 4. The average molecular weight is 335 g/mol. The lowest BCUT2D eigenvalue weighted by Gasteiger charge is -2.32. The normalized spacial score (nSPS) is 20.8. The lowest BCUT2D eigenvalue weighted by atomic mass is 10.2. The highest BCUT2D eigenvalue weighted by Gasteiger charge is 2.37. The SMILES string of the molecule is Cc1ccc(S(=O)(=O)N2CCSC[C@@H]2C(N)=O)cc1Cl. The van der Waals surface area contributed by atoms with Gasteiger partial charge in [0, 0.05) is 23.1 Å². The molecular formula is C12H15ClN2O3S2. The van der Waals surface area contributed by atoms with Crippen molar-refractivity contribution in [3.05, 3.63) is 28.8 Å². The summed E-state index contributed by atoms with van der Waals surface area (Å²) in [6.45, 7) is 2.06. The van der Waals surface area contributed by atoms with Crippen molar-refractivity contribution in [2.75, 3.05) is 18.1 Å². The summed E-state index contributed by atoms with van der Waals surface area (Å²) in [5.74, 6) is 0.399. The Morgan fingerprint density at radius 1 is 1.50 bits per heavy atom. The summed E-state index contributed by atoms with van der Waals surface area (Å²) in [7, 11) is -3.76. The molecule has 1 aliphatic heterocycles. The number of rotatable bonds is 3. The molecule has 8 heteroatoms. The Bertz CT molecular complexity index is 634. The Morgan fingerprint density at radius 2 is 2.20 bits per heavy atom. The third-order valence-electron chi connectivity index (χ3n) is 3.16. The van der Waals surface area contributed by atoms with Crippen LogP contribution in [-0.2, 0) is 14.8 Å². The predicted molar refractivity (Wildman–Crippen MR) is 80.4 cm³/mol. The molecule has 0 unspecified atom stereocenters. The molecule has 1 fully saturated rings. The standard InChI is InChI=1S/C12H15ClN2O3S2/c1-8-2-3-9(6-10(8)13)20(17,18)15-4-5-19-7-11(15)12(14)16/h2-3,6,11H,4-5,7H2,1H3,(H2,14,16)/t11-/m1/s1. The second-order valence-corrected chi connectivity index (χ2v) is 7.97. The number of amides is 1. The van der Waals surface area contributed by atoms with Crippen LogP contribution in [-0.4, -0.2) is 42.7 Å². The molecule has 0 bridgehead atoms. The van der Waals surface area contributed by atoms with E-state index in [1.54, 1.807) is 13.0 Å². The van der Waals surface area contributed by atoms with Gasteiger partial charge in [-0.2, -0.15) is 16.1 Å². The number of carbonyl (C=O) groups excluding carboxylic acids is 1. The number of aryl methyl sites for hydroxylation is 1. The Balaban J connectivity index is 2.42. The molecule has 0 aliphatic carbocycles. The zero-order valence-corrected chi connectivity index (χ0v) is 13.3. The molecule has 1 aliphatic rings. The zero-order valence-electron chi connectivity index (χ0n) is 10.9. The largest absolute Gasteiger partial charge is 0.368 e. The molecule has 1 saturated heterocycles. The van der Waals surface area contributed by atoms with Crippen LogP contribution in [0.2, 0.25) is 5.02 Å². The van der Waals surface area contributed by atoms with Gasteiger partial charge in [0.1, 0.15) is 6.04 Å². The average Bonchev–Trinajstić information content (AvgIpc) is 2.41. The summed E-state index contributed by atoms with van der Waals surface area (Å²) in [6, 6.07) is 3.74. The van der Waals surface area contributed by atoms with E-state index in [-0.39, 0.29) is 11.4 Å². The van der Waals surface area contributed by atoms with Gasteiger partial charge >= 0.3 is 0 Å². The van der Waals surface area contributed by atoms with Crippen molar-refractivity contribution in [2.24, 2.45) is 5.73 Å². The Labute approximate surface area is 127 Å². The van der Waals surface area contributed by atoms with Crippen LogP contribution in [0.25, 0.3) is 0 Å². The summed E-state index contributed by atoms with van der Waals surface area (Å²) in [5, 5.41) is 0.382. The topological polar surface area (TPSA) is 80.5 Å². The van der Waals surface area contributed by atoms with E-state index in [9.17, 15) is 13.2 Å². The summed E-state index contributed by atoms with van der Waals surface area (Å²) in [6.07, 6.45) is 0. The third-order valence-corrected chi connectivity index (χ3v) is 6.49. The smallest absolute Gasteiger partial charge is 0.243 e. The van der Waals surface area contributed by atoms with Crippen LogP contribution < -0.4 is 5.73 Å². The van der Waals surface area contributed by atoms with Crippen LogP contribution in [0, 0.1) is 6.92 Å². The number of sulfonamides is 1. The maximum Gasteiger partial charge on any atom is 0.243 e. The van der Waals surface area contributed by atoms with E-state index in [4.69, 9.17) is 17.3 Å². The van der Waals surface area contributed by atoms with Gasteiger partial charge in [0.05, 0.1) is 4.90 Å². The highest BCUT2D eigenvalue weighted by atomic mass is 35.5. The summed E-state index contributed by atoms with van der Waals surface area (Å²) < 4.78 is 26.4. The van der Waals surface area contributed by atoms with Gasteiger partial charge < -0.3 is 5.73 Å². The van der Waals surface area contributed by atoms with Crippen LogP contribution in [0.15, 0.2) is 23.1 Å². The first-order chi connectivity index (χ1) is 9.34. The lowest BCUT2D eigenvalue weighted by molar-refractivity contribution is -0.121. The molecule has 1 amide bonds. The van der Waals surface area contributed by atoms with E-state index >= 15 is 0 Å². The second-order valence-electron chi connectivity index (χ2n) is 4.52. The number of hydrogen-bond donors (Lipinski definition) is 1. The van der Waals surface area contributed by atoms with Gasteiger partial charge in [-0.1, -0.05) is 17.7 Å². The summed E-state index contributed by atoms with van der Waals surface area (Å²) >= 11 is 7.50. The van der Waals surface area contributed by atoms with Gasteiger partial charge in [-0.15, -0.1) is 0 Å². The first kappa shape index (κ1) is 15.6. The van der Waals surface area contributed by atoms with Crippen molar-refractivity contribution in [2.45, 2.75) is 17.9 Å². The van der Waals surface area contributed by atoms with Crippen molar-refractivity contribution in [1.82, 2.24) is 4.31 Å². The Kier molecular flexibility index (Phi) is 4.63. The van der Waals surface area contributed by atoms with Crippen molar-refractivity contribution in [3.63, 3.8) is 0 Å². The molecule has 110 valence electrons. The Hall–Kier alpha value is -0.760. The van der Waals surface area contributed by atoms with Crippen molar-refractivity contribution in [3.8, 4) is 0 Å². The van der Waals surface area contributed by atoms with Crippen molar-refractivity contribution >= 4 is 39.3 Å². The van der Waals surface area contributed by atoms with Crippen molar-refractivity contribution < 1.29 is 13.2 Å². The molecular weight excluding hydrogens is 320 g/mol. The third kappa shape index (κ3) is 2.95. The number of primary amides is 1. The number of carbonyl (C=O) groups is 1. The number of thioether (sulfide) groups is 1. The summed E-state index contributed by atoms with van der Waals surface area (Å²) in [5.41, 5.74) is 6.10. The summed E-state index contributed by atoms with van der Waals surface area (Å²) in [4.78, 5) is 11.5. The molecule has 0 radical (unpaired) electrons. The minimum Gasteiger partial charge on any atom is -0.368 e. The number of nitrogens with zero attached hydrogens (tertiary/aromatic N) is 1. The van der Waals surface area contributed by atoms with Crippen LogP contribution in [0.1, 0.15) is 5.56 Å². The maximum atomic E-state index is 12.6. The second kappa shape index (κ2) is 5.93. The van der Waals surface area contributed by atoms with Gasteiger partial charge in [-0.05, 0) is 24.6 Å². The highest BCUT2D eigenvalue weighted by Crippen LogP contribution is 2.27. The van der Waals surface area contributed by atoms with E-state index < -0.39 is 22.0 Å². The van der Waals surface area contributed by atoms with E-state index in [1.165, 1.54) is 28.2 Å². The van der Waals surface area contributed by atoms with Crippen molar-refractivity contribution in [1.29, 1.82) is 0 Å². The quantitative estimate of drug-likeness (QED) is 0.901. The van der Waals surface area contributed by atoms with E-state index in [1.807, 2.05) is 0 Å². The highest BCUT2D eigenvalue weighted by molar-refractivity contribution is 7.99. The predicted octanol–water partition coefficient (Wildman–Crippen LogP) is 1.24. The van der Waals surface area contributed by atoms with E-state index in [2.05, 4.69) is 0 Å². The fourth-order valence-electron chi connectivity index (χ4n) is 1.97. The molecule has 0 spiro atoms. The van der Waals surface area contributed by atoms with Gasteiger partial charge in [0.2, 0.25) is 15.9 Å². The number of nitrogens with two attached hydrogens (primary N) is 1. The van der Waals surface area contributed by atoms with Crippen LogP contribution >= 0.6 is 23.4 Å². The van der Waals surface area contributed by atoms with Gasteiger partial charge in [0.25, 0.3) is 0 Å². The van der Waals surface area contributed by atoms with Crippen LogP contribution in [0.4, 0.5) is 0 Å². The fourth-order valence-corrected chi connectivity index (χ4v) is 5.11. The number of benzene rings is 1. The first-order valence-electron chi connectivity index (χ1n) is 5.99. The van der Waals surface area contributed by atoms with Gasteiger partial charge in [-0.3, -0.25) is 4.79 Å². The zero-order chi connectivity index (χ0) is 14.9. The lowest BCUT2D eigenvalue weighted by Crippen LogP contribution is -2.52. The molecule has 1 atom stereocenters. The maximum absolute atomic E-state index is 12.6. The molecule has 0 saturated carbocycles. The minimum atomic E-state index is -3.76. The molecule has 0 aromatic heterocycles. The van der Waals surface area contributed by atoms with Gasteiger partial charge in [0.15, 0.2) is 0 Å². The molecule has 1 heterocycles. The fraction of sp³-hybridized carbons (Fsp3) is 0.417. The molecule has 2 rings (SSSR count). The minimum absolute atomic E-state index is 0.0891. The van der Waals surface area contributed by atoms with E-state index in [0.29, 0.717) is 16.5 Å². The van der Waals surface area contributed by atoms with Crippen LogP contribution in [0.5, 0.6) is 0 Å².